The van der Waals surface area contributed by atoms with Gasteiger partial charge in [-0.1, -0.05) is 29.8 Å². The number of carbonyl (C=O) groups is 1. The smallest absolute Gasteiger partial charge is 0.272 e. The van der Waals surface area contributed by atoms with E-state index in [0.29, 0.717) is 27.3 Å². The molecule has 3 aromatic rings. The Morgan fingerprint density at radius 3 is 2.70 bits per heavy atom. The minimum atomic E-state index is -0.251. The molecule has 2 heterocycles. The molecule has 118 valence electrons. The average molecular weight is 348 g/mol. The molecule has 0 atom stereocenters. The van der Waals surface area contributed by atoms with Gasteiger partial charge in [-0.2, -0.15) is 5.10 Å². The average Bonchev–Trinajstić information content (AvgIpc) is 2.95. The molecule has 0 radical (unpaired) electrons. The minimum absolute atomic E-state index is 0.0702. The number of fused-ring (bicyclic) bond motifs is 1. The Kier molecular flexibility index (Phi) is 4.45. The molecule has 5 nitrogen and oxygen atoms in total. The van der Waals surface area contributed by atoms with E-state index in [1.54, 1.807) is 30.1 Å². The Morgan fingerprint density at radius 1 is 1.26 bits per heavy atom. The molecule has 0 saturated carbocycles. The summed E-state index contributed by atoms with van der Waals surface area (Å²) < 4.78 is 0.703. The number of aromatic amines is 1. The third-order valence-electron chi connectivity index (χ3n) is 3.54. The van der Waals surface area contributed by atoms with Crippen molar-refractivity contribution in [1.29, 1.82) is 0 Å². The van der Waals surface area contributed by atoms with E-state index >= 15 is 0 Å². The zero-order valence-corrected chi connectivity index (χ0v) is 13.9. The number of thiophene rings is 1. The second kappa shape index (κ2) is 6.52. The van der Waals surface area contributed by atoms with Crippen LogP contribution >= 0.6 is 22.9 Å². The molecule has 0 aliphatic carbocycles. The number of halogens is 1. The highest BCUT2D eigenvalue weighted by molar-refractivity contribution is 7.16. The van der Waals surface area contributed by atoms with Gasteiger partial charge in [-0.25, -0.2) is 5.10 Å². The van der Waals surface area contributed by atoms with Crippen molar-refractivity contribution in [2.24, 2.45) is 0 Å². The molecule has 23 heavy (non-hydrogen) atoms. The van der Waals surface area contributed by atoms with Crippen molar-refractivity contribution in [2.75, 3.05) is 7.05 Å². The fourth-order valence-electron chi connectivity index (χ4n) is 2.34. The summed E-state index contributed by atoms with van der Waals surface area (Å²) in [4.78, 5) is 26.8. The number of nitrogens with zero attached hydrogens (tertiary/aromatic N) is 2. The monoisotopic (exact) mass is 347 g/mol. The summed E-state index contributed by atoms with van der Waals surface area (Å²) in [6, 6.07) is 10.9. The summed E-state index contributed by atoms with van der Waals surface area (Å²) in [6.07, 6.45) is 0.132. The number of nitrogens with one attached hydrogen (secondary N) is 1. The number of hydrogen-bond donors (Lipinski definition) is 1. The Hall–Kier alpha value is -2.18. The zero-order valence-electron chi connectivity index (χ0n) is 12.4. The molecule has 0 saturated heterocycles. The summed E-state index contributed by atoms with van der Waals surface area (Å²) >= 11 is 7.36. The van der Waals surface area contributed by atoms with Gasteiger partial charge >= 0.3 is 0 Å². The quantitative estimate of drug-likeness (QED) is 0.789. The molecule has 0 bridgehead atoms. The molecule has 3 rings (SSSR count). The normalized spacial score (nSPS) is 10.9. The highest BCUT2D eigenvalue weighted by atomic mass is 35.5. The molecule has 1 amide bonds. The maximum Gasteiger partial charge on any atom is 0.272 e. The summed E-state index contributed by atoms with van der Waals surface area (Å²) in [5, 5.41) is 7.73. The standard InChI is InChI=1S/C16H14ClN3O2S/c1-20(9-10-6-7-14(17)23-10)15(21)8-13-11-4-2-3-5-12(11)16(22)19-18-13/h2-7H,8-9H2,1H3,(H,19,22). The maximum atomic E-state index is 12.4. The van der Waals surface area contributed by atoms with E-state index in [-0.39, 0.29) is 17.9 Å². The van der Waals surface area contributed by atoms with Crippen LogP contribution in [0.1, 0.15) is 10.6 Å². The van der Waals surface area contributed by atoms with Crippen molar-refractivity contribution < 1.29 is 4.79 Å². The van der Waals surface area contributed by atoms with Crippen LogP contribution in [0.25, 0.3) is 10.8 Å². The molecule has 0 aliphatic heterocycles. The number of rotatable bonds is 4. The molecular formula is C16H14ClN3O2S. The first-order chi connectivity index (χ1) is 11.0. The van der Waals surface area contributed by atoms with E-state index < -0.39 is 0 Å². The predicted octanol–water partition coefficient (Wildman–Crippen LogP) is 2.84. The van der Waals surface area contributed by atoms with Crippen LogP contribution in [0.15, 0.2) is 41.2 Å². The predicted molar refractivity (Wildman–Crippen MR) is 91.9 cm³/mol. The topological polar surface area (TPSA) is 66.1 Å². The van der Waals surface area contributed by atoms with Crippen LogP contribution in [0, 0.1) is 0 Å². The molecular weight excluding hydrogens is 334 g/mol. The van der Waals surface area contributed by atoms with Crippen molar-refractivity contribution in [2.45, 2.75) is 13.0 Å². The molecule has 0 aliphatic rings. The van der Waals surface area contributed by atoms with Gasteiger partial charge < -0.3 is 4.90 Å². The lowest BCUT2D eigenvalue weighted by Gasteiger charge is -2.16. The van der Waals surface area contributed by atoms with Gasteiger partial charge in [-0.05, 0) is 18.2 Å². The van der Waals surface area contributed by atoms with E-state index in [0.717, 1.165) is 4.88 Å². The van der Waals surface area contributed by atoms with Crippen LogP contribution in [0.3, 0.4) is 0 Å². The lowest BCUT2D eigenvalue weighted by molar-refractivity contribution is -0.129. The first kappa shape index (κ1) is 15.7. The molecule has 2 aromatic heterocycles. The Balaban J connectivity index is 1.80. The first-order valence-electron chi connectivity index (χ1n) is 6.99. The minimum Gasteiger partial charge on any atom is -0.340 e. The third kappa shape index (κ3) is 3.43. The van der Waals surface area contributed by atoms with Crippen LogP contribution in [-0.2, 0) is 17.8 Å². The fraction of sp³-hybridized carbons (Fsp3) is 0.188. The molecule has 7 heteroatoms. The van der Waals surface area contributed by atoms with Crippen molar-refractivity contribution in [1.82, 2.24) is 15.1 Å². The summed E-state index contributed by atoms with van der Waals surface area (Å²) in [7, 11) is 1.74. The lowest BCUT2D eigenvalue weighted by Crippen LogP contribution is -2.28. The molecule has 0 unspecified atom stereocenters. The van der Waals surface area contributed by atoms with Crippen molar-refractivity contribution >= 4 is 39.6 Å². The Bertz CT molecular complexity index is 919. The zero-order chi connectivity index (χ0) is 16.4. The third-order valence-corrected chi connectivity index (χ3v) is 4.76. The van der Waals surface area contributed by atoms with Gasteiger partial charge in [0.2, 0.25) is 5.91 Å². The number of benzene rings is 1. The van der Waals surface area contributed by atoms with Gasteiger partial charge in [-0.3, -0.25) is 9.59 Å². The number of likely N-dealkylation sites (N-methyl/N-ethyl adjacent to an activating group) is 1. The lowest BCUT2D eigenvalue weighted by atomic mass is 10.1. The van der Waals surface area contributed by atoms with Gasteiger partial charge in [0.25, 0.3) is 5.56 Å². The van der Waals surface area contributed by atoms with Gasteiger partial charge in [0.05, 0.1) is 28.4 Å². The number of aromatic nitrogens is 2. The van der Waals surface area contributed by atoms with Crippen LogP contribution < -0.4 is 5.56 Å². The van der Waals surface area contributed by atoms with Crippen LogP contribution in [-0.4, -0.2) is 28.1 Å². The highest BCUT2D eigenvalue weighted by Crippen LogP contribution is 2.22. The van der Waals surface area contributed by atoms with E-state index in [4.69, 9.17) is 11.6 Å². The Morgan fingerprint density at radius 2 is 2.00 bits per heavy atom. The SMILES string of the molecule is CN(Cc1ccc(Cl)s1)C(=O)Cc1n[nH]c(=O)c2ccccc12. The second-order valence-corrected chi connectivity index (χ2v) is 6.98. The number of amides is 1. The highest BCUT2D eigenvalue weighted by Gasteiger charge is 2.15. The Labute approximate surface area is 141 Å². The van der Waals surface area contributed by atoms with E-state index in [2.05, 4.69) is 10.2 Å². The van der Waals surface area contributed by atoms with Crippen LogP contribution in [0.5, 0.6) is 0 Å². The van der Waals surface area contributed by atoms with Crippen molar-refractivity contribution in [3.63, 3.8) is 0 Å². The second-order valence-electron chi connectivity index (χ2n) is 5.18. The first-order valence-corrected chi connectivity index (χ1v) is 8.18. The van der Waals surface area contributed by atoms with Crippen LogP contribution in [0.2, 0.25) is 4.34 Å². The van der Waals surface area contributed by atoms with E-state index in [9.17, 15) is 9.59 Å². The maximum absolute atomic E-state index is 12.4. The van der Waals surface area contributed by atoms with Crippen molar-refractivity contribution in [3.05, 3.63) is 61.7 Å². The fourth-order valence-corrected chi connectivity index (χ4v) is 3.48. The van der Waals surface area contributed by atoms with E-state index in [1.807, 2.05) is 18.2 Å². The summed E-state index contributed by atoms with van der Waals surface area (Å²) in [5.74, 6) is -0.0702. The summed E-state index contributed by atoms with van der Waals surface area (Å²) in [6.45, 7) is 0.498. The molecule has 0 fully saturated rings. The number of carbonyl (C=O) groups excluding carboxylic acids is 1. The molecule has 1 aromatic carbocycles. The van der Waals surface area contributed by atoms with Crippen LogP contribution in [0.4, 0.5) is 0 Å². The largest absolute Gasteiger partial charge is 0.340 e. The van der Waals surface area contributed by atoms with Gasteiger partial charge in [0.15, 0.2) is 0 Å². The van der Waals surface area contributed by atoms with Crippen molar-refractivity contribution in [3.8, 4) is 0 Å². The molecule has 1 N–H and O–H groups in total. The molecule has 0 spiro atoms. The summed E-state index contributed by atoms with van der Waals surface area (Å²) in [5.41, 5.74) is 0.319. The van der Waals surface area contributed by atoms with Gasteiger partial charge in [0.1, 0.15) is 0 Å². The number of H-pyrrole nitrogens is 1. The van der Waals surface area contributed by atoms with Gasteiger partial charge in [0, 0.05) is 17.3 Å². The van der Waals surface area contributed by atoms with Gasteiger partial charge in [-0.15, -0.1) is 11.3 Å². The number of hydrogen-bond acceptors (Lipinski definition) is 4. The van der Waals surface area contributed by atoms with E-state index in [1.165, 1.54) is 11.3 Å².